The van der Waals surface area contributed by atoms with Crippen molar-refractivity contribution in [2.75, 3.05) is 6.54 Å². The first-order chi connectivity index (χ1) is 11.5. The van der Waals surface area contributed by atoms with Crippen molar-refractivity contribution in [2.24, 2.45) is 0 Å². The number of aromatic nitrogens is 1. The summed E-state index contributed by atoms with van der Waals surface area (Å²) in [6.45, 7) is 4.30. The number of aryl methyl sites for hydroxylation is 1. The summed E-state index contributed by atoms with van der Waals surface area (Å²) in [4.78, 5) is 26.6. The highest BCUT2D eigenvalue weighted by Gasteiger charge is 2.13. The number of carboxylic acids is 1. The van der Waals surface area contributed by atoms with Crippen molar-refractivity contribution >= 4 is 11.9 Å². The molecule has 6 nitrogen and oxygen atoms in total. The Hall–Kier alpha value is -2.89. The van der Waals surface area contributed by atoms with Crippen LogP contribution in [0.4, 0.5) is 0 Å². The minimum absolute atomic E-state index is 0.0964. The van der Waals surface area contributed by atoms with Gasteiger partial charge < -0.3 is 15.2 Å². The average molecular weight is 328 g/mol. The van der Waals surface area contributed by atoms with Gasteiger partial charge in [0.25, 0.3) is 5.91 Å². The molecule has 0 bridgehead atoms. The SMILES string of the molecule is CCC(CNC(=O)c1ccc(C(=O)O)nc1)Oc1ccccc1C. The van der Waals surface area contributed by atoms with Gasteiger partial charge in [0.1, 0.15) is 17.5 Å². The summed E-state index contributed by atoms with van der Waals surface area (Å²) in [6, 6.07) is 10.5. The highest BCUT2D eigenvalue weighted by atomic mass is 16.5. The van der Waals surface area contributed by atoms with Crippen molar-refractivity contribution in [3.8, 4) is 5.75 Å². The van der Waals surface area contributed by atoms with Crippen molar-refractivity contribution < 1.29 is 19.4 Å². The second kappa shape index (κ2) is 8.10. The molecule has 24 heavy (non-hydrogen) atoms. The van der Waals surface area contributed by atoms with Crippen molar-refractivity contribution in [2.45, 2.75) is 26.4 Å². The lowest BCUT2D eigenvalue weighted by molar-refractivity contribution is 0.0689. The number of amides is 1. The number of ether oxygens (including phenoxy) is 1. The Morgan fingerprint density at radius 3 is 2.58 bits per heavy atom. The quantitative estimate of drug-likeness (QED) is 0.816. The van der Waals surface area contributed by atoms with Gasteiger partial charge in [-0.2, -0.15) is 0 Å². The number of aromatic carboxylic acids is 1. The van der Waals surface area contributed by atoms with Crippen LogP contribution in [0.2, 0.25) is 0 Å². The molecule has 2 N–H and O–H groups in total. The number of benzene rings is 1. The van der Waals surface area contributed by atoms with E-state index in [1.54, 1.807) is 0 Å². The number of hydrogen-bond donors (Lipinski definition) is 2. The van der Waals surface area contributed by atoms with Crippen LogP contribution in [0.1, 0.15) is 39.8 Å². The molecule has 0 saturated heterocycles. The maximum atomic E-state index is 12.1. The van der Waals surface area contributed by atoms with Crippen LogP contribution < -0.4 is 10.1 Å². The summed E-state index contributed by atoms with van der Waals surface area (Å²) in [5.41, 5.74) is 1.25. The van der Waals surface area contributed by atoms with E-state index in [2.05, 4.69) is 10.3 Å². The molecule has 0 aliphatic rings. The fourth-order valence-corrected chi connectivity index (χ4v) is 2.10. The molecule has 0 spiro atoms. The number of carboxylic acid groups (broad SMARTS) is 1. The zero-order chi connectivity index (χ0) is 17.5. The molecule has 126 valence electrons. The van der Waals surface area contributed by atoms with E-state index in [1.807, 2.05) is 38.1 Å². The molecule has 0 saturated carbocycles. The molecule has 2 aromatic rings. The number of rotatable bonds is 7. The molecular weight excluding hydrogens is 308 g/mol. The largest absolute Gasteiger partial charge is 0.488 e. The number of pyridine rings is 1. The summed E-state index contributed by atoms with van der Waals surface area (Å²) in [6.07, 6.45) is 1.84. The molecule has 0 aliphatic heterocycles. The third-order valence-corrected chi connectivity index (χ3v) is 3.58. The van der Waals surface area contributed by atoms with E-state index in [9.17, 15) is 9.59 Å². The van der Waals surface area contributed by atoms with Crippen LogP contribution in [0.25, 0.3) is 0 Å². The lowest BCUT2D eigenvalue weighted by Crippen LogP contribution is -2.35. The number of carbonyl (C=O) groups excluding carboxylic acids is 1. The highest BCUT2D eigenvalue weighted by Crippen LogP contribution is 2.18. The van der Waals surface area contributed by atoms with E-state index in [0.717, 1.165) is 17.7 Å². The first kappa shape index (κ1) is 17.5. The van der Waals surface area contributed by atoms with E-state index < -0.39 is 5.97 Å². The van der Waals surface area contributed by atoms with Crippen molar-refractivity contribution in [1.29, 1.82) is 0 Å². The minimum Gasteiger partial charge on any atom is -0.488 e. The molecule has 1 amide bonds. The first-order valence-corrected chi connectivity index (χ1v) is 7.71. The Morgan fingerprint density at radius 1 is 1.25 bits per heavy atom. The van der Waals surface area contributed by atoms with Crippen LogP contribution in [0.3, 0.4) is 0 Å². The monoisotopic (exact) mass is 328 g/mol. The lowest BCUT2D eigenvalue weighted by Gasteiger charge is -2.19. The summed E-state index contributed by atoms with van der Waals surface area (Å²) in [5, 5.41) is 11.6. The van der Waals surface area contributed by atoms with Crippen LogP contribution in [0.15, 0.2) is 42.6 Å². The van der Waals surface area contributed by atoms with Gasteiger partial charge in [-0.3, -0.25) is 4.79 Å². The van der Waals surface area contributed by atoms with E-state index in [-0.39, 0.29) is 17.7 Å². The fraction of sp³-hybridized carbons (Fsp3) is 0.278. The van der Waals surface area contributed by atoms with Gasteiger partial charge in [-0.05, 0) is 37.1 Å². The molecule has 1 aromatic carbocycles. The smallest absolute Gasteiger partial charge is 0.354 e. The van der Waals surface area contributed by atoms with Gasteiger partial charge in [0.15, 0.2) is 0 Å². The number of carbonyl (C=O) groups is 2. The fourth-order valence-electron chi connectivity index (χ4n) is 2.10. The molecule has 0 radical (unpaired) electrons. The maximum Gasteiger partial charge on any atom is 0.354 e. The van der Waals surface area contributed by atoms with Gasteiger partial charge in [0.05, 0.1) is 12.1 Å². The van der Waals surface area contributed by atoms with Gasteiger partial charge in [0.2, 0.25) is 0 Å². The summed E-state index contributed by atoms with van der Waals surface area (Å²) in [7, 11) is 0. The molecular formula is C18H20N2O4. The van der Waals surface area contributed by atoms with Crippen molar-refractivity contribution in [3.05, 3.63) is 59.4 Å². The number of hydrogen-bond acceptors (Lipinski definition) is 4. The molecule has 1 atom stereocenters. The molecule has 2 rings (SSSR count). The third-order valence-electron chi connectivity index (χ3n) is 3.58. The Balaban J connectivity index is 1.93. The Labute approximate surface area is 140 Å². The van der Waals surface area contributed by atoms with Crippen LogP contribution >= 0.6 is 0 Å². The van der Waals surface area contributed by atoms with Gasteiger partial charge in [-0.1, -0.05) is 25.1 Å². The maximum absolute atomic E-state index is 12.1. The van der Waals surface area contributed by atoms with Crippen molar-refractivity contribution in [1.82, 2.24) is 10.3 Å². The van der Waals surface area contributed by atoms with Crippen LogP contribution in [-0.4, -0.2) is 34.6 Å². The zero-order valence-corrected chi connectivity index (χ0v) is 13.7. The highest BCUT2D eigenvalue weighted by molar-refractivity contribution is 5.94. The predicted molar refractivity (Wildman–Crippen MR) is 89.4 cm³/mol. The first-order valence-electron chi connectivity index (χ1n) is 7.71. The molecule has 0 fully saturated rings. The van der Waals surface area contributed by atoms with E-state index in [1.165, 1.54) is 18.3 Å². The lowest BCUT2D eigenvalue weighted by atomic mass is 10.2. The topological polar surface area (TPSA) is 88.5 Å². The van der Waals surface area contributed by atoms with Crippen LogP contribution in [-0.2, 0) is 0 Å². The van der Waals surface area contributed by atoms with E-state index in [0.29, 0.717) is 12.1 Å². The Kier molecular flexibility index (Phi) is 5.89. The molecule has 1 unspecified atom stereocenters. The van der Waals surface area contributed by atoms with Gasteiger partial charge >= 0.3 is 5.97 Å². The number of nitrogens with zero attached hydrogens (tertiary/aromatic N) is 1. The Morgan fingerprint density at radius 2 is 2.00 bits per heavy atom. The average Bonchev–Trinajstić information content (AvgIpc) is 2.60. The standard InChI is InChI=1S/C18H20N2O4/c1-3-14(24-16-7-5-4-6-12(16)2)11-20-17(21)13-8-9-15(18(22)23)19-10-13/h4-10,14H,3,11H2,1-2H3,(H,20,21)(H,22,23). The van der Waals surface area contributed by atoms with Crippen LogP contribution in [0.5, 0.6) is 5.75 Å². The third kappa shape index (κ3) is 4.55. The summed E-state index contributed by atoms with van der Waals surface area (Å²) >= 11 is 0. The zero-order valence-electron chi connectivity index (χ0n) is 13.7. The molecule has 1 aromatic heterocycles. The van der Waals surface area contributed by atoms with E-state index >= 15 is 0 Å². The minimum atomic E-state index is -1.13. The van der Waals surface area contributed by atoms with Gasteiger partial charge in [-0.25, -0.2) is 9.78 Å². The predicted octanol–water partition coefficient (Wildman–Crippen LogP) is 2.68. The number of nitrogens with one attached hydrogen (secondary N) is 1. The second-order valence-electron chi connectivity index (χ2n) is 5.36. The van der Waals surface area contributed by atoms with Gasteiger partial charge in [0, 0.05) is 6.20 Å². The molecule has 0 aliphatic carbocycles. The van der Waals surface area contributed by atoms with Crippen LogP contribution in [0, 0.1) is 6.92 Å². The molecule has 6 heteroatoms. The molecule has 1 heterocycles. The van der Waals surface area contributed by atoms with E-state index in [4.69, 9.17) is 9.84 Å². The Bertz CT molecular complexity index is 713. The normalized spacial score (nSPS) is 11.6. The summed E-state index contributed by atoms with van der Waals surface area (Å²) in [5.74, 6) is -0.642. The van der Waals surface area contributed by atoms with Gasteiger partial charge in [-0.15, -0.1) is 0 Å². The second-order valence-corrected chi connectivity index (χ2v) is 5.36. The number of para-hydroxylation sites is 1. The van der Waals surface area contributed by atoms with Crippen molar-refractivity contribution in [3.63, 3.8) is 0 Å². The summed E-state index contributed by atoms with van der Waals surface area (Å²) < 4.78 is 5.92.